The van der Waals surface area contributed by atoms with Crippen molar-refractivity contribution in [2.75, 3.05) is 0 Å². The quantitative estimate of drug-likeness (QED) is 0.184. The molecule has 0 amide bonds. The van der Waals surface area contributed by atoms with Crippen molar-refractivity contribution in [2.45, 2.75) is 0 Å². The first-order valence-electron chi connectivity index (χ1n) is 16.5. The Morgan fingerprint density at radius 2 is 0.755 bits per heavy atom. The molecule has 49 heavy (non-hydrogen) atoms. The summed E-state index contributed by atoms with van der Waals surface area (Å²) in [5.41, 5.74) is 10.8. The summed E-state index contributed by atoms with van der Waals surface area (Å²) in [5.74, 6) is 1.90. The average Bonchev–Trinajstić information content (AvgIpc) is 3.52. The molecule has 9 aromatic rings. The third-order valence-corrected chi connectivity index (χ3v) is 9.04. The lowest BCUT2D eigenvalue weighted by molar-refractivity contribution is 1.07. The van der Waals surface area contributed by atoms with Crippen molar-refractivity contribution in [1.82, 2.24) is 19.5 Å². The number of aromatic nitrogens is 4. The Hall–Kier alpha value is -6.65. The van der Waals surface area contributed by atoms with Gasteiger partial charge in [0.2, 0.25) is 0 Å². The summed E-state index contributed by atoms with van der Waals surface area (Å²) in [5, 5.41) is 2.43. The van der Waals surface area contributed by atoms with Crippen LogP contribution in [0, 0.1) is 0 Å². The zero-order valence-corrected chi connectivity index (χ0v) is 26.6. The molecule has 0 N–H and O–H groups in total. The molecule has 0 spiro atoms. The Bertz CT molecular complexity index is 2590. The Kier molecular flexibility index (Phi) is 7.10. The Labute approximate surface area is 284 Å². The minimum Gasteiger partial charge on any atom is -0.309 e. The van der Waals surface area contributed by atoms with Gasteiger partial charge >= 0.3 is 0 Å². The minimum atomic E-state index is 0.628. The monoisotopic (exact) mass is 626 g/mol. The molecule has 2 aromatic heterocycles. The lowest BCUT2D eigenvalue weighted by atomic mass is 10.0. The highest BCUT2D eigenvalue weighted by Gasteiger charge is 2.16. The van der Waals surface area contributed by atoms with Gasteiger partial charge in [-0.1, -0.05) is 146 Å². The van der Waals surface area contributed by atoms with Gasteiger partial charge in [-0.15, -0.1) is 0 Å². The molecule has 0 unspecified atom stereocenters. The number of para-hydroxylation sites is 1. The van der Waals surface area contributed by atoms with Crippen LogP contribution in [0.3, 0.4) is 0 Å². The van der Waals surface area contributed by atoms with Crippen LogP contribution < -0.4 is 0 Å². The Balaban J connectivity index is 1.20. The van der Waals surface area contributed by atoms with Gasteiger partial charge in [-0.25, -0.2) is 15.0 Å². The summed E-state index contributed by atoms with van der Waals surface area (Å²) in [6.07, 6.45) is 0. The normalized spacial score (nSPS) is 11.3. The summed E-state index contributed by atoms with van der Waals surface area (Å²) in [6, 6.07) is 63.4. The van der Waals surface area contributed by atoms with Gasteiger partial charge in [0.1, 0.15) is 0 Å². The second-order valence-electron chi connectivity index (χ2n) is 12.1. The van der Waals surface area contributed by atoms with Gasteiger partial charge in [0.25, 0.3) is 0 Å². The van der Waals surface area contributed by atoms with Crippen LogP contribution in [0.25, 0.3) is 83.9 Å². The molecule has 0 bridgehead atoms. The molecular weight excluding hydrogens is 597 g/mol. The molecule has 0 aliphatic rings. The van der Waals surface area contributed by atoms with Gasteiger partial charge in [-0.3, -0.25) is 0 Å². The van der Waals surface area contributed by atoms with E-state index in [1.54, 1.807) is 0 Å². The van der Waals surface area contributed by atoms with E-state index < -0.39 is 0 Å². The van der Waals surface area contributed by atoms with Crippen LogP contribution in [0.2, 0.25) is 0 Å². The van der Waals surface area contributed by atoms with Gasteiger partial charge in [0, 0.05) is 33.2 Å². The van der Waals surface area contributed by atoms with E-state index in [0.29, 0.717) is 17.5 Å². The van der Waals surface area contributed by atoms with Crippen LogP contribution >= 0.6 is 0 Å². The third-order valence-electron chi connectivity index (χ3n) is 9.04. The molecule has 0 saturated heterocycles. The summed E-state index contributed by atoms with van der Waals surface area (Å²) in [6.45, 7) is 0. The highest BCUT2D eigenvalue weighted by Crippen LogP contribution is 2.36. The van der Waals surface area contributed by atoms with E-state index in [2.05, 4.69) is 150 Å². The van der Waals surface area contributed by atoms with Gasteiger partial charge in [-0.2, -0.15) is 0 Å². The Morgan fingerprint density at radius 1 is 0.286 bits per heavy atom. The summed E-state index contributed by atoms with van der Waals surface area (Å²) in [7, 11) is 0. The summed E-state index contributed by atoms with van der Waals surface area (Å²) < 4.78 is 2.34. The average molecular weight is 627 g/mol. The predicted molar refractivity (Wildman–Crippen MR) is 201 cm³/mol. The first-order chi connectivity index (χ1) is 24.3. The number of hydrogen-bond acceptors (Lipinski definition) is 3. The fraction of sp³-hybridized carbons (Fsp3) is 0. The van der Waals surface area contributed by atoms with Crippen LogP contribution in [0.1, 0.15) is 0 Å². The molecule has 0 fully saturated rings. The highest BCUT2D eigenvalue weighted by molar-refractivity contribution is 6.10. The number of rotatable bonds is 6. The van der Waals surface area contributed by atoms with Crippen molar-refractivity contribution in [3.63, 3.8) is 0 Å². The van der Waals surface area contributed by atoms with Crippen molar-refractivity contribution in [3.05, 3.63) is 182 Å². The summed E-state index contributed by atoms with van der Waals surface area (Å²) >= 11 is 0. The van der Waals surface area contributed by atoms with E-state index in [0.717, 1.165) is 44.5 Å². The molecule has 0 aliphatic heterocycles. The zero-order chi connectivity index (χ0) is 32.6. The van der Waals surface area contributed by atoms with E-state index in [9.17, 15) is 0 Å². The van der Waals surface area contributed by atoms with Gasteiger partial charge < -0.3 is 4.57 Å². The molecule has 0 radical (unpaired) electrons. The highest BCUT2D eigenvalue weighted by atomic mass is 15.0. The topological polar surface area (TPSA) is 43.6 Å². The van der Waals surface area contributed by atoms with E-state index in [1.807, 2.05) is 36.4 Å². The van der Waals surface area contributed by atoms with Crippen molar-refractivity contribution in [1.29, 1.82) is 0 Å². The van der Waals surface area contributed by atoms with Crippen molar-refractivity contribution >= 4 is 21.8 Å². The molecule has 0 aliphatic carbocycles. The first kappa shape index (κ1) is 28.6. The SMILES string of the molecule is c1ccc(-c2cccc(-c3nc(-c4ccccc4)nc(-c4cccc(-n5c6ccccc6c6cc(-c7ccccc7)ccc65)c4)n3)c2)cc1. The third kappa shape index (κ3) is 5.35. The van der Waals surface area contributed by atoms with Gasteiger partial charge in [0.05, 0.1) is 11.0 Å². The number of fused-ring (bicyclic) bond motifs is 3. The molecule has 0 atom stereocenters. The molecule has 4 nitrogen and oxygen atoms in total. The molecule has 230 valence electrons. The van der Waals surface area contributed by atoms with Crippen molar-refractivity contribution < 1.29 is 0 Å². The smallest absolute Gasteiger partial charge is 0.164 e. The largest absolute Gasteiger partial charge is 0.309 e. The fourth-order valence-corrected chi connectivity index (χ4v) is 6.66. The number of nitrogens with zero attached hydrogens (tertiary/aromatic N) is 4. The molecule has 2 heterocycles. The maximum Gasteiger partial charge on any atom is 0.164 e. The van der Waals surface area contributed by atoms with Crippen molar-refractivity contribution in [3.8, 4) is 62.1 Å². The standard InChI is InChI=1S/C45H30N4/c1-4-14-31(15-5-1)34-20-12-21-36(28-34)44-46-43(33-18-8-3-9-19-33)47-45(48-44)37-22-13-23-38(29-37)49-41-25-11-10-24-39(41)40-30-35(26-27-42(40)49)32-16-6-2-7-17-32/h1-30H. The molecule has 0 saturated carbocycles. The van der Waals surface area contributed by atoms with E-state index in [1.165, 1.54) is 21.9 Å². The van der Waals surface area contributed by atoms with Crippen LogP contribution in [-0.2, 0) is 0 Å². The van der Waals surface area contributed by atoms with Gasteiger partial charge in [0.15, 0.2) is 17.5 Å². The minimum absolute atomic E-state index is 0.628. The van der Waals surface area contributed by atoms with E-state index in [-0.39, 0.29) is 0 Å². The van der Waals surface area contributed by atoms with Crippen LogP contribution in [0.5, 0.6) is 0 Å². The van der Waals surface area contributed by atoms with Crippen LogP contribution in [0.15, 0.2) is 182 Å². The molecule has 9 rings (SSSR count). The lowest BCUT2D eigenvalue weighted by Crippen LogP contribution is -2.01. The van der Waals surface area contributed by atoms with Gasteiger partial charge in [-0.05, 0) is 58.7 Å². The lowest BCUT2D eigenvalue weighted by Gasteiger charge is -2.12. The summed E-state index contributed by atoms with van der Waals surface area (Å²) in [4.78, 5) is 15.1. The molecule has 4 heteroatoms. The molecular formula is C45H30N4. The molecule has 7 aromatic carbocycles. The van der Waals surface area contributed by atoms with Crippen LogP contribution in [0.4, 0.5) is 0 Å². The van der Waals surface area contributed by atoms with E-state index in [4.69, 9.17) is 15.0 Å². The Morgan fingerprint density at radius 3 is 1.43 bits per heavy atom. The number of benzene rings is 7. The van der Waals surface area contributed by atoms with Crippen molar-refractivity contribution in [2.24, 2.45) is 0 Å². The van der Waals surface area contributed by atoms with Crippen LogP contribution in [-0.4, -0.2) is 19.5 Å². The zero-order valence-electron chi connectivity index (χ0n) is 26.6. The predicted octanol–water partition coefficient (Wildman–Crippen LogP) is 11.3. The second kappa shape index (κ2) is 12.2. The maximum atomic E-state index is 5.09. The number of hydrogen-bond donors (Lipinski definition) is 0. The maximum absolute atomic E-state index is 5.09. The first-order valence-corrected chi connectivity index (χ1v) is 16.5. The van der Waals surface area contributed by atoms with E-state index >= 15 is 0 Å². The second-order valence-corrected chi connectivity index (χ2v) is 12.1. The fourth-order valence-electron chi connectivity index (χ4n) is 6.66.